The summed E-state index contributed by atoms with van der Waals surface area (Å²) in [6.45, 7) is 7.59. The normalized spacial score (nSPS) is 29.3. The maximum absolute atomic E-state index is 6.09. The minimum absolute atomic E-state index is 0.171. The monoisotopic (exact) mass is 301 g/mol. The molecule has 1 aliphatic carbocycles. The van der Waals surface area contributed by atoms with Gasteiger partial charge in [0.2, 0.25) is 0 Å². The van der Waals surface area contributed by atoms with Crippen molar-refractivity contribution in [2.45, 2.75) is 45.3 Å². The van der Waals surface area contributed by atoms with Crippen LogP contribution in [0.5, 0.6) is 5.75 Å². The minimum atomic E-state index is -0.171. The largest absolute Gasteiger partial charge is 0.487 e. The van der Waals surface area contributed by atoms with Gasteiger partial charge < -0.3 is 15.4 Å². The molecule has 1 saturated carbocycles. The molecule has 0 amide bonds. The van der Waals surface area contributed by atoms with Gasteiger partial charge in [0.1, 0.15) is 11.4 Å². The lowest BCUT2D eigenvalue weighted by molar-refractivity contribution is 0.0694. The van der Waals surface area contributed by atoms with Crippen LogP contribution >= 0.6 is 0 Å². The predicted molar refractivity (Wildman–Crippen MR) is 90.3 cm³/mol. The number of hydrogen-bond acceptors (Lipinski definition) is 2. The van der Waals surface area contributed by atoms with Crippen LogP contribution in [0.15, 0.2) is 29.3 Å². The van der Waals surface area contributed by atoms with Crippen LogP contribution in [-0.2, 0) is 0 Å². The summed E-state index contributed by atoms with van der Waals surface area (Å²) in [5.41, 5.74) is 1.04. The van der Waals surface area contributed by atoms with Crippen LogP contribution in [0, 0.1) is 11.8 Å². The molecule has 0 saturated heterocycles. The highest BCUT2D eigenvalue weighted by Crippen LogP contribution is 2.39. The standard InChI is InChI=1S/C18H27N3O/c1-12-9-13(12)11-20-17(19-4)21-15-10-18(2,3)22-16-8-6-5-7-14(15)16/h5-8,12-13,15H,9-11H2,1-4H3,(H2,19,20,21). The molecule has 3 rings (SSSR count). The molecule has 1 heterocycles. The number of fused-ring (bicyclic) bond motifs is 1. The van der Waals surface area contributed by atoms with Crippen molar-refractivity contribution < 1.29 is 4.74 Å². The predicted octanol–water partition coefficient (Wildman–Crippen LogP) is 3.11. The molecule has 2 aliphatic rings. The van der Waals surface area contributed by atoms with E-state index in [0.717, 1.165) is 36.5 Å². The van der Waals surface area contributed by atoms with Gasteiger partial charge in [-0.15, -0.1) is 0 Å². The fourth-order valence-corrected chi connectivity index (χ4v) is 3.20. The molecule has 1 fully saturated rings. The van der Waals surface area contributed by atoms with Crippen molar-refractivity contribution >= 4 is 5.96 Å². The molecule has 120 valence electrons. The Kier molecular flexibility index (Phi) is 4.02. The number of para-hydroxylation sites is 1. The average Bonchev–Trinajstić information content (AvgIpc) is 3.17. The van der Waals surface area contributed by atoms with Crippen LogP contribution in [0.3, 0.4) is 0 Å². The molecular formula is C18H27N3O. The SMILES string of the molecule is CN=C(NCC1CC1C)NC1CC(C)(C)Oc2ccccc21. The number of hydrogen-bond donors (Lipinski definition) is 2. The van der Waals surface area contributed by atoms with E-state index in [-0.39, 0.29) is 11.6 Å². The number of guanidine groups is 1. The molecule has 1 aromatic rings. The first-order valence-corrected chi connectivity index (χ1v) is 8.23. The maximum Gasteiger partial charge on any atom is 0.191 e. The quantitative estimate of drug-likeness (QED) is 0.666. The lowest BCUT2D eigenvalue weighted by Gasteiger charge is -2.38. The summed E-state index contributed by atoms with van der Waals surface area (Å²) in [5, 5.41) is 7.04. The Bertz CT molecular complexity index is 567. The summed E-state index contributed by atoms with van der Waals surface area (Å²) in [6, 6.07) is 8.50. The lowest BCUT2D eigenvalue weighted by Crippen LogP contribution is -2.45. The molecule has 0 aromatic heterocycles. The van der Waals surface area contributed by atoms with Gasteiger partial charge in [0.05, 0.1) is 6.04 Å². The van der Waals surface area contributed by atoms with Gasteiger partial charge in [0, 0.05) is 25.6 Å². The van der Waals surface area contributed by atoms with Crippen LogP contribution < -0.4 is 15.4 Å². The van der Waals surface area contributed by atoms with Crippen molar-refractivity contribution in [2.75, 3.05) is 13.6 Å². The van der Waals surface area contributed by atoms with Crippen molar-refractivity contribution in [3.63, 3.8) is 0 Å². The van der Waals surface area contributed by atoms with Crippen LogP contribution in [0.25, 0.3) is 0 Å². The Morgan fingerprint density at radius 1 is 1.36 bits per heavy atom. The molecule has 1 aromatic carbocycles. The average molecular weight is 301 g/mol. The molecular weight excluding hydrogens is 274 g/mol. The molecule has 4 heteroatoms. The van der Waals surface area contributed by atoms with E-state index >= 15 is 0 Å². The zero-order valence-corrected chi connectivity index (χ0v) is 14.0. The van der Waals surface area contributed by atoms with Gasteiger partial charge in [-0.1, -0.05) is 25.1 Å². The van der Waals surface area contributed by atoms with E-state index < -0.39 is 0 Å². The van der Waals surface area contributed by atoms with E-state index in [1.165, 1.54) is 12.0 Å². The van der Waals surface area contributed by atoms with E-state index in [1.807, 2.05) is 19.2 Å². The molecule has 0 spiro atoms. The second-order valence-corrected chi connectivity index (χ2v) is 7.23. The van der Waals surface area contributed by atoms with E-state index in [9.17, 15) is 0 Å². The Balaban J connectivity index is 1.70. The van der Waals surface area contributed by atoms with Crippen LogP contribution in [0.4, 0.5) is 0 Å². The Labute approximate surface area is 133 Å². The van der Waals surface area contributed by atoms with E-state index in [4.69, 9.17) is 4.74 Å². The number of rotatable bonds is 3. The molecule has 4 nitrogen and oxygen atoms in total. The molecule has 0 radical (unpaired) electrons. The number of ether oxygens (including phenoxy) is 1. The second-order valence-electron chi connectivity index (χ2n) is 7.23. The number of nitrogens with one attached hydrogen (secondary N) is 2. The van der Waals surface area contributed by atoms with Crippen LogP contribution in [0.1, 0.15) is 45.2 Å². The zero-order chi connectivity index (χ0) is 15.7. The van der Waals surface area contributed by atoms with Gasteiger partial charge in [-0.2, -0.15) is 0 Å². The van der Waals surface area contributed by atoms with Crippen molar-refractivity contribution in [2.24, 2.45) is 16.8 Å². The van der Waals surface area contributed by atoms with E-state index in [0.29, 0.717) is 0 Å². The van der Waals surface area contributed by atoms with Crippen molar-refractivity contribution in [1.82, 2.24) is 10.6 Å². The smallest absolute Gasteiger partial charge is 0.191 e. The minimum Gasteiger partial charge on any atom is -0.487 e. The highest BCUT2D eigenvalue weighted by Gasteiger charge is 2.35. The van der Waals surface area contributed by atoms with Crippen LogP contribution in [-0.4, -0.2) is 25.2 Å². The molecule has 22 heavy (non-hydrogen) atoms. The summed E-state index contributed by atoms with van der Waals surface area (Å²) in [4.78, 5) is 4.38. The Morgan fingerprint density at radius 3 is 2.77 bits per heavy atom. The van der Waals surface area contributed by atoms with E-state index in [2.05, 4.69) is 48.5 Å². The van der Waals surface area contributed by atoms with Gasteiger partial charge >= 0.3 is 0 Å². The number of benzene rings is 1. The number of nitrogens with zero attached hydrogens (tertiary/aromatic N) is 1. The van der Waals surface area contributed by atoms with E-state index in [1.54, 1.807) is 0 Å². The van der Waals surface area contributed by atoms with Gasteiger partial charge in [-0.3, -0.25) is 4.99 Å². The summed E-state index contributed by atoms with van der Waals surface area (Å²) in [7, 11) is 1.84. The fraction of sp³-hybridized carbons (Fsp3) is 0.611. The summed E-state index contributed by atoms with van der Waals surface area (Å²) in [5.74, 6) is 3.52. The van der Waals surface area contributed by atoms with Crippen LogP contribution in [0.2, 0.25) is 0 Å². The Hall–Kier alpha value is -1.71. The first-order chi connectivity index (χ1) is 10.5. The van der Waals surface area contributed by atoms with Crippen molar-refractivity contribution in [3.8, 4) is 5.75 Å². The summed E-state index contributed by atoms with van der Waals surface area (Å²) in [6.07, 6.45) is 2.25. The molecule has 3 atom stereocenters. The topological polar surface area (TPSA) is 45.7 Å². The zero-order valence-electron chi connectivity index (χ0n) is 14.0. The lowest BCUT2D eigenvalue weighted by atomic mass is 9.90. The summed E-state index contributed by atoms with van der Waals surface area (Å²) >= 11 is 0. The molecule has 3 unspecified atom stereocenters. The fourth-order valence-electron chi connectivity index (χ4n) is 3.20. The van der Waals surface area contributed by atoms with Gasteiger partial charge in [0.15, 0.2) is 5.96 Å². The Morgan fingerprint density at radius 2 is 2.09 bits per heavy atom. The second kappa shape index (κ2) is 5.82. The van der Waals surface area contributed by atoms with Crippen molar-refractivity contribution in [1.29, 1.82) is 0 Å². The highest BCUT2D eigenvalue weighted by molar-refractivity contribution is 5.80. The van der Waals surface area contributed by atoms with Gasteiger partial charge in [0.25, 0.3) is 0 Å². The molecule has 2 N–H and O–H groups in total. The third-order valence-corrected chi connectivity index (χ3v) is 4.72. The molecule has 0 bridgehead atoms. The highest BCUT2D eigenvalue weighted by atomic mass is 16.5. The maximum atomic E-state index is 6.09. The third-order valence-electron chi connectivity index (χ3n) is 4.72. The van der Waals surface area contributed by atoms with Gasteiger partial charge in [-0.05, 0) is 38.2 Å². The van der Waals surface area contributed by atoms with Gasteiger partial charge in [-0.25, -0.2) is 0 Å². The first kappa shape index (κ1) is 15.2. The summed E-state index contributed by atoms with van der Waals surface area (Å²) < 4.78 is 6.09. The third kappa shape index (κ3) is 3.37. The first-order valence-electron chi connectivity index (χ1n) is 8.23. The van der Waals surface area contributed by atoms with Crippen molar-refractivity contribution in [3.05, 3.63) is 29.8 Å². The molecule has 1 aliphatic heterocycles. The number of aliphatic imine (C=N–C) groups is 1.